The van der Waals surface area contributed by atoms with Crippen LogP contribution in [0.5, 0.6) is 0 Å². The van der Waals surface area contributed by atoms with E-state index in [4.69, 9.17) is 4.74 Å². The van der Waals surface area contributed by atoms with Gasteiger partial charge in [-0.2, -0.15) is 0 Å². The van der Waals surface area contributed by atoms with Gasteiger partial charge >= 0.3 is 5.97 Å². The number of aliphatic hydroxyl groups is 3. The fourth-order valence-corrected chi connectivity index (χ4v) is 7.12. The van der Waals surface area contributed by atoms with Crippen molar-refractivity contribution in [2.24, 2.45) is 28.6 Å². The monoisotopic (exact) mass is 418 g/mol. The van der Waals surface area contributed by atoms with Crippen molar-refractivity contribution in [3.8, 4) is 0 Å². The van der Waals surface area contributed by atoms with Crippen LogP contribution >= 0.6 is 0 Å². The number of carbonyl (C=O) groups is 3. The number of hydrogen-bond acceptors (Lipinski definition) is 7. The Morgan fingerprint density at radius 2 is 1.97 bits per heavy atom. The number of carbonyl (C=O) groups excluding carboxylic acids is 3. The van der Waals surface area contributed by atoms with Crippen LogP contribution in [-0.4, -0.2) is 57.3 Å². The van der Waals surface area contributed by atoms with Crippen molar-refractivity contribution in [1.82, 2.24) is 0 Å². The van der Waals surface area contributed by atoms with Crippen LogP contribution in [0.1, 0.15) is 46.5 Å². The highest BCUT2D eigenvalue weighted by atomic mass is 16.5. The summed E-state index contributed by atoms with van der Waals surface area (Å²) in [6, 6.07) is 0. The number of fused-ring (bicyclic) bond motifs is 5. The molecule has 164 valence electrons. The zero-order chi connectivity index (χ0) is 22.1. The molecule has 7 heteroatoms. The zero-order valence-electron chi connectivity index (χ0n) is 17.6. The Balaban J connectivity index is 1.70. The van der Waals surface area contributed by atoms with Crippen molar-refractivity contribution >= 4 is 17.5 Å². The van der Waals surface area contributed by atoms with Crippen LogP contribution in [0, 0.1) is 28.6 Å². The molecule has 4 aliphatic carbocycles. The van der Waals surface area contributed by atoms with Crippen LogP contribution in [0.25, 0.3) is 0 Å². The summed E-state index contributed by atoms with van der Waals surface area (Å²) in [5, 5.41) is 33.6. The minimum Gasteiger partial charge on any atom is -0.458 e. The van der Waals surface area contributed by atoms with Crippen molar-refractivity contribution in [2.75, 3.05) is 6.61 Å². The highest BCUT2D eigenvalue weighted by Gasteiger charge is 2.71. The average Bonchev–Trinajstić information content (AvgIpc) is 2.87. The van der Waals surface area contributed by atoms with Crippen molar-refractivity contribution in [3.05, 3.63) is 23.8 Å². The lowest BCUT2D eigenvalue weighted by atomic mass is 9.46. The standard InChI is InChI=1S/C23H30O7/c1-12(24)30-11-19(28)23(29)18(27)9-16-15-5-4-13-8-14(25)6-7-21(13,2)20(15)17(26)10-22(16,23)3/h6-8,15-18,20,26-27,29H,4-5,9-11H2,1-3H3/t15-,16-,17+,18+,20+,21-,22-,23-/m0/s1. The van der Waals surface area contributed by atoms with E-state index in [9.17, 15) is 29.7 Å². The highest BCUT2D eigenvalue weighted by Crippen LogP contribution is 2.67. The number of esters is 1. The number of ketones is 2. The van der Waals surface area contributed by atoms with Gasteiger partial charge in [-0.1, -0.05) is 25.5 Å². The van der Waals surface area contributed by atoms with Gasteiger partial charge in [-0.15, -0.1) is 0 Å². The molecule has 0 spiro atoms. The van der Waals surface area contributed by atoms with Gasteiger partial charge in [-0.05, 0) is 49.7 Å². The van der Waals surface area contributed by atoms with E-state index < -0.39 is 47.0 Å². The third-order valence-electron chi connectivity index (χ3n) is 8.55. The van der Waals surface area contributed by atoms with E-state index in [0.717, 1.165) is 5.57 Å². The number of rotatable bonds is 3. The summed E-state index contributed by atoms with van der Waals surface area (Å²) in [6.07, 6.45) is 4.78. The van der Waals surface area contributed by atoms with Gasteiger partial charge in [-0.3, -0.25) is 14.4 Å². The number of aliphatic hydroxyl groups excluding tert-OH is 2. The van der Waals surface area contributed by atoms with Gasteiger partial charge in [0.15, 0.2) is 18.0 Å². The zero-order valence-corrected chi connectivity index (χ0v) is 17.6. The molecule has 3 saturated carbocycles. The predicted molar refractivity (Wildman–Crippen MR) is 106 cm³/mol. The van der Waals surface area contributed by atoms with Gasteiger partial charge < -0.3 is 20.1 Å². The van der Waals surface area contributed by atoms with Gasteiger partial charge in [0.2, 0.25) is 5.78 Å². The number of hydrogen-bond donors (Lipinski definition) is 3. The van der Waals surface area contributed by atoms with Crippen molar-refractivity contribution in [1.29, 1.82) is 0 Å². The van der Waals surface area contributed by atoms with Crippen LogP contribution < -0.4 is 0 Å². The molecule has 0 saturated heterocycles. The lowest BCUT2D eigenvalue weighted by Crippen LogP contribution is -2.63. The fraction of sp³-hybridized carbons (Fsp3) is 0.696. The minimum atomic E-state index is -2.09. The first-order valence-electron chi connectivity index (χ1n) is 10.6. The molecule has 0 radical (unpaired) electrons. The Kier molecular flexibility index (Phi) is 4.88. The summed E-state index contributed by atoms with van der Waals surface area (Å²) in [7, 11) is 0. The summed E-state index contributed by atoms with van der Waals surface area (Å²) in [6.45, 7) is 4.36. The Morgan fingerprint density at radius 1 is 1.27 bits per heavy atom. The molecule has 0 aliphatic heterocycles. The van der Waals surface area contributed by atoms with Crippen molar-refractivity contribution < 1.29 is 34.4 Å². The second kappa shape index (κ2) is 6.84. The summed E-state index contributed by atoms with van der Waals surface area (Å²) >= 11 is 0. The number of ether oxygens (including phenoxy) is 1. The van der Waals surface area contributed by atoms with E-state index in [0.29, 0.717) is 12.8 Å². The largest absolute Gasteiger partial charge is 0.458 e. The van der Waals surface area contributed by atoms with Crippen LogP contribution in [0.3, 0.4) is 0 Å². The number of allylic oxidation sites excluding steroid dienone is 4. The third kappa shape index (κ3) is 2.71. The van der Waals surface area contributed by atoms with E-state index >= 15 is 0 Å². The Morgan fingerprint density at radius 3 is 2.63 bits per heavy atom. The molecule has 4 rings (SSSR count). The van der Waals surface area contributed by atoms with E-state index in [1.165, 1.54) is 6.92 Å². The molecule has 4 aliphatic rings. The SMILES string of the molecule is CC(=O)OCC(=O)[C@@]1(O)[C@H](O)C[C@H]2[C@@H]3CCC4=CC(=O)C=C[C@]4(C)[C@H]3[C@H](O)C[C@@]21C. The second-order valence-electron chi connectivity index (χ2n) is 9.93. The normalized spacial score (nSPS) is 47.1. The molecule has 8 atom stereocenters. The van der Waals surface area contributed by atoms with Crippen LogP contribution in [0.15, 0.2) is 23.8 Å². The predicted octanol–water partition coefficient (Wildman–Crippen LogP) is 1.10. The molecule has 0 unspecified atom stereocenters. The van der Waals surface area contributed by atoms with Gasteiger partial charge in [0.05, 0.1) is 12.2 Å². The maximum Gasteiger partial charge on any atom is 0.303 e. The van der Waals surface area contributed by atoms with Crippen LogP contribution in [0.4, 0.5) is 0 Å². The molecular formula is C23H30O7. The molecule has 0 heterocycles. The van der Waals surface area contributed by atoms with E-state index in [2.05, 4.69) is 0 Å². The van der Waals surface area contributed by atoms with Gasteiger partial charge in [0, 0.05) is 23.7 Å². The van der Waals surface area contributed by atoms with E-state index in [1.54, 1.807) is 19.1 Å². The number of Topliss-reactive ketones (excluding diaryl/α,β-unsaturated/α-hetero) is 1. The van der Waals surface area contributed by atoms with Crippen molar-refractivity contribution in [2.45, 2.75) is 64.3 Å². The Bertz CT molecular complexity index is 860. The fourth-order valence-electron chi connectivity index (χ4n) is 7.12. The molecule has 0 bridgehead atoms. The topological polar surface area (TPSA) is 121 Å². The smallest absolute Gasteiger partial charge is 0.303 e. The molecule has 0 amide bonds. The molecule has 7 nitrogen and oxygen atoms in total. The van der Waals surface area contributed by atoms with E-state index in [1.807, 2.05) is 13.0 Å². The second-order valence-corrected chi connectivity index (χ2v) is 9.93. The summed E-state index contributed by atoms with van der Waals surface area (Å²) in [5.41, 5.74) is -2.59. The van der Waals surface area contributed by atoms with Crippen LogP contribution in [0.2, 0.25) is 0 Å². The molecule has 0 aromatic heterocycles. The van der Waals surface area contributed by atoms with Gasteiger partial charge in [-0.25, -0.2) is 0 Å². The summed E-state index contributed by atoms with van der Waals surface area (Å²) in [4.78, 5) is 35.9. The highest BCUT2D eigenvalue weighted by molar-refractivity contribution is 6.01. The van der Waals surface area contributed by atoms with Gasteiger partial charge in [0.25, 0.3) is 0 Å². The summed E-state index contributed by atoms with van der Waals surface area (Å²) < 4.78 is 4.81. The average molecular weight is 418 g/mol. The molecular weight excluding hydrogens is 388 g/mol. The molecule has 0 aromatic rings. The lowest BCUT2D eigenvalue weighted by Gasteiger charge is -2.59. The quantitative estimate of drug-likeness (QED) is 0.587. The minimum absolute atomic E-state index is 0.0241. The molecule has 3 fully saturated rings. The van der Waals surface area contributed by atoms with Gasteiger partial charge in [0.1, 0.15) is 0 Å². The van der Waals surface area contributed by atoms with Crippen LogP contribution in [-0.2, 0) is 19.1 Å². The maximum absolute atomic E-state index is 12.9. The molecule has 3 N–H and O–H groups in total. The van der Waals surface area contributed by atoms with Crippen molar-refractivity contribution in [3.63, 3.8) is 0 Å². The first-order chi connectivity index (χ1) is 13.9. The summed E-state index contributed by atoms with van der Waals surface area (Å²) in [5.74, 6) is -1.79. The molecule has 0 aromatic carbocycles. The first-order valence-corrected chi connectivity index (χ1v) is 10.6. The maximum atomic E-state index is 12.9. The first kappa shape index (κ1) is 21.4. The lowest BCUT2D eigenvalue weighted by molar-refractivity contribution is -0.192. The Labute approximate surface area is 175 Å². The molecule has 30 heavy (non-hydrogen) atoms. The Hall–Kier alpha value is -1.83. The third-order valence-corrected chi connectivity index (χ3v) is 8.55. The van der Waals surface area contributed by atoms with E-state index in [-0.39, 0.29) is 36.4 Å².